The molecule has 2 aromatic rings. The molecule has 1 aromatic heterocycles. The normalized spacial score (nSPS) is 12.7. The van der Waals surface area contributed by atoms with E-state index in [4.69, 9.17) is 4.42 Å². The van der Waals surface area contributed by atoms with Crippen LogP contribution in [-0.2, 0) is 6.42 Å². The van der Waals surface area contributed by atoms with Crippen LogP contribution in [-0.4, -0.2) is 5.11 Å². The first-order valence-corrected chi connectivity index (χ1v) is 7.42. The molecule has 0 spiro atoms. The summed E-state index contributed by atoms with van der Waals surface area (Å²) in [5.74, 6) is 0.133. The predicted molar refractivity (Wildman–Crippen MR) is 76.9 cm³/mol. The summed E-state index contributed by atoms with van der Waals surface area (Å²) in [6.07, 6.45) is -0.442. The molecule has 0 saturated carbocycles. The van der Waals surface area contributed by atoms with Crippen molar-refractivity contribution in [3.05, 3.63) is 55.0 Å². The Bertz CT molecular complexity index is 549. The predicted octanol–water partition coefficient (Wildman–Crippen LogP) is 4.98. The van der Waals surface area contributed by atoms with Gasteiger partial charge in [-0.1, -0.05) is 22.0 Å². The van der Waals surface area contributed by atoms with Crippen LogP contribution < -0.4 is 0 Å². The molecule has 1 heterocycles. The molecular formula is C12H8Br3FO2. The van der Waals surface area contributed by atoms with Gasteiger partial charge in [-0.25, -0.2) is 4.39 Å². The lowest BCUT2D eigenvalue weighted by atomic mass is 10.1. The number of aliphatic hydroxyl groups excluding tert-OH is 1. The fraction of sp³-hybridized carbons (Fsp3) is 0.167. The molecule has 0 amide bonds. The van der Waals surface area contributed by atoms with Gasteiger partial charge in [0.2, 0.25) is 0 Å². The minimum absolute atomic E-state index is 0.316. The summed E-state index contributed by atoms with van der Waals surface area (Å²) >= 11 is 9.76. The Morgan fingerprint density at radius 2 is 1.89 bits per heavy atom. The van der Waals surface area contributed by atoms with E-state index < -0.39 is 6.10 Å². The highest BCUT2D eigenvalue weighted by Gasteiger charge is 2.16. The molecule has 0 aliphatic carbocycles. The maximum absolute atomic E-state index is 12.9. The molecule has 0 aliphatic heterocycles. The number of hydrogen-bond acceptors (Lipinski definition) is 2. The van der Waals surface area contributed by atoms with Gasteiger partial charge in [-0.05, 0) is 55.6 Å². The summed E-state index contributed by atoms with van der Waals surface area (Å²) in [6.45, 7) is 0. The molecule has 1 atom stereocenters. The Hall–Kier alpha value is -0.170. The highest BCUT2D eigenvalue weighted by Crippen LogP contribution is 2.32. The monoisotopic (exact) mass is 440 g/mol. The first-order chi connectivity index (χ1) is 8.47. The second-order valence-electron chi connectivity index (χ2n) is 3.73. The van der Waals surface area contributed by atoms with Crippen molar-refractivity contribution in [1.82, 2.24) is 0 Å². The van der Waals surface area contributed by atoms with Crippen LogP contribution in [0.1, 0.15) is 17.4 Å². The van der Waals surface area contributed by atoms with E-state index in [1.165, 1.54) is 12.1 Å². The molecule has 1 aromatic carbocycles. The van der Waals surface area contributed by atoms with Crippen molar-refractivity contribution in [3.63, 3.8) is 0 Å². The lowest BCUT2D eigenvalue weighted by Gasteiger charge is -2.09. The van der Waals surface area contributed by atoms with Crippen LogP contribution in [0.25, 0.3) is 0 Å². The largest absolute Gasteiger partial charge is 0.450 e. The van der Waals surface area contributed by atoms with Gasteiger partial charge in [0.05, 0.1) is 4.47 Å². The summed E-state index contributed by atoms with van der Waals surface area (Å²) in [5, 5.41) is 10.1. The first-order valence-electron chi connectivity index (χ1n) is 5.04. The molecule has 0 saturated heterocycles. The van der Waals surface area contributed by atoms with E-state index in [1.54, 1.807) is 12.1 Å². The number of furan rings is 1. The lowest BCUT2D eigenvalue weighted by Crippen LogP contribution is -2.01. The Morgan fingerprint density at radius 1 is 1.17 bits per heavy atom. The van der Waals surface area contributed by atoms with Gasteiger partial charge in [-0.3, -0.25) is 0 Å². The molecule has 0 aliphatic rings. The van der Waals surface area contributed by atoms with E-state index in [1.807, 2.05) is 0 Å². The van der Waals surface area contributed by atoms with Gasteiger partial charge >= 0.3 is 0 Å². The Balaban J connectivity index is 2.18. The Morgan fingerprint density at radius 3 is 2.44 bits per heavy atom. The van der Waals surface area contributed by atoms with Crippen LogP contribution in [0.5, 0.6) is 0 Å². The van der Waals surface area contributed by atoms with E-state index in [9.17, 15) is 9.50 Å². The highest BCUT2D eigenvalue weighted by atomic mass is 79.9. The van der Waals surface area contributed by atoms with Crippen molar-refractivity contribution < 1.29 is 13.9 Å². The number of rotatable bonds is 3. The zero-order chi connectivity index (χ0) is 13.3. The number of hydrogen-bond donors (Lipinski definition) is 1. The Labute approximate surface area is 129 Å². The van der Waals surface area contributed by atoms with E-state index >= 15 is 0 Å². The number of aliphatic hydroxyl groups is 1. The van der Waals surface area contributed by atoms with Gasteiger partial charge in [0.1, 0.15) is 17.7 Å². The molecule has 0 bridgehead atoms. The molecule has 96 valence electrons. The van der Waals surface area contributed by atoms with Crippen LogP contribution in [0.15, 0.2) is 42.3 Å². The lowest BCUT2D eigenvalue weighted by molar-refractivity contribution is 0.148. The summed E-state index contributed by atoms with van der Waals surface area (Å²) in [7, 11) is 0. The molecule has 1 N–H and O–H groups in total. The second kappa shape index (κ2) is 5.86. The SMILES string of the molecule is OC(Cc1ccc(F)cc1Br)c1cc(Br)c(Br)o1. The van der Waals surface area contributed by atoms with E-state index in [-0.39, 0.29) is 5.82 Å². The van der Waals surface area contributed by atoms with E-state index in [0.29, 0.717) is 21.3 Å². The summed E-state index contributed by atoms with van der Waals surface area (Å²) in [6, 6.07) is 6.07. The van der Waals surface area contributed by atoms with Crippen LogP contribution in [0.4, 0.5) is 4.39 Å². The van der Waals surface area contributed by atoms with Crippen molar-refractivity contribution in [3.8, 4) is 0 Å². The molecule has 6 heteroatoms. The maximum Gasteiger partial charge on any atom is 0.183 e. The zero-order valence-corrected chi connectivity index (χ0v) is 13.7. The number of benzene rings is 1. The zero-order valence-electron chi connectivity index (χ0n) is 8.96. The average molecular weight is 443 g/mol. The van der Waals surface area contributed by atoms with Crippen LogP contribution in [0, 0.1) is 5.82 Å². The van der Waals surface area contributed by atoms with Gasteiger partial charge in [-0.2, -0.15) is 0 Å². The van der Waals surface area contributed by atoms with Crippen molar-refractivity contribution in [1.29, 1.82) is 0 Å². The highest BCUT2D eigenvalue weighted by molar-refractivity contribution is 9.13. The average Bonchev–Trinajstić information content (AvgIpc) is 2.63. The summed E-state index contributed by atoms with van der Waals surface area (Å²) in [5.41, 5.74) is 0.813. The summed E-state index contributed by atoms with van der Waals surface area (Å²) < 4.78 is 20.2. The quantitative estimate of drug-likeness (QED) is 0.727. The van der Waals surface area contributed by atoms with Gasteiger partial charge in [0.15, 0.2) is 4.67 Å². The Kier molecular flexibility index (Phi) is 4.64. The van der Waals surface area contributed by atoms with E-state index in [2.05, 4.69) is 47.8 Å². The van der Waals surface area contributed by atoms with Gasteiger partial charge < -0.3 is 9.52 Å². The fourth-order valence-electron chi connectivity index (χ4n) is 1.52. The summed E-state index contributed by atoms with van der Waals surface area (Å²) in [4.78, 5) is 0. The molecule has 18 heavy (non-hydrogen) atoms. The minimum Gasteiger partial charge on any atom is -0.450 e. The van der Waals surface area contributed by atoms with Gasteiger partial charge in [0, 0.05) is 10.9 Å². The minimum atomic E-state index is -0.783. The van der Waals surface area contributed by atoms with Gasteiger partial charge in [0.25, 0.3) is 0 Å². The second-order valence-corrected chi connectivity index (χ2v) is 6.15. The standard InChI is InChI=1S/C12H8Br3FO2/c13-8-4-7(16)2-1-6(8)3-10(17)11-5-9(14)12(15)18-11/h1-2,4-5,10,17H,3H2. The van der Waals surface area contributed by atoms with Gasteiger partial charge in [-0.15, -0.1) is 0 Å². The van der Waals surface area contributed by atoms with Crippen LogP contribution >= 0.6 is 47.8 Å². The van der Waals surface area contributed by atoms with Crippen molar-refractivity contribution in [2.24, 2.45) is 0 Å². The molecule has 0 radical (unpaired) electrons. The molecule has 2 rings (SSSR count). The topological polar surface area (TPSA) is 33.4 Å². The van der Waals surface area contributed by atoms with E-state index in [0.717, 1.165) is 10.0 Å². The third-order valence-corrected chi connectivity index (χ3v) is 4.87. The molecule has 0 fully saturated rings. The maximum atomic E-state index is 12.9. The molecular weight excluding hydrogens is 435 g/mol. The van der Waals surface area contributed by atoms with Crippen molar-refractivity contribution in [2.45, 2.75) is 12.5 Å². The fourth-order valence-corrected chi connectivity index (χ4v) is 2.64. The van der Waals surface area contributed by atoms with Crippen LogP contribution in [0.2, 0.25) is 0 Å². The van der Waals surface area contributed by atoms with Crippen molar-refractivity contribution in [2.75, 3.05) is 0 Å². The smallest absolute Gasteiger partial charge is 0.183 e. The van der Waals surface area contributed by atoms with Crippen molar-refractivity contribution >= 4 is 47.8 Å². The third kappa shape index (κ3) is 3.23. The molecule has 2 nitrogen and oxygen atoms in total. The first kappa shape index (κ1) is 14.2. The number of halogens is 4. The van der Waals surface area contributed by atoms with Crippen LogP contribution in [0.3, 0.4) is 0 Å². The third-order valence-electron chi connectivity index (χ3n) is 2.42. The molecule has 1 unspecified atom stereocenters.